The topological polar surface area (TPSA) is 69.8 Å². The van der Waals surface area contributed by atoms with Gasteiger partial charge in [-0.2, -0.15) is 0 Å². The van der Waals surface area contributed by atoms with Crippen molar-refractivity contribution in [3.05, 3.63) is 30.1 Å². The van der Waals surface area contributed by atoms with Crippen LogP contribution >= 0.6 is 24.8 Å². The molecule has 1 aromatic heterocycles. The highest BCUT2D eigenvalue weighted by atomic mass is 35.5. The fourth-order valence-electron chi connectivity index (χ4n) is 2.81. The van der Waals surface area contributed by atoms with Gasteiger partial charge in [0.1, 0.15) is 5.82 Å². The van der Waals surface area contributed by atoms with Gasteiger partial charge in [0.2, 0.25) is 5.91 Å². The number of carbonyl (C=O) groups is 1. The molecule has 1 saturated heterocycles. The van der Waals surface area contributed by atoms with Crippen molar-refractivity contribution in [2.45, 2.75) is 25.7 Å². The van der Waals surface area contributed by atoms with Gasteiger partial charge in [-0.05, 0) is 37.9 Å². The number of fused-ring (bicyclic) bond motifs is 1. The number of hydrogen-bond acceptors (Lipinski definition) is 3. The summed E-state index contributed by atoms with van der Waals surface area (Å²) >= 11 is 0. The van der Waals surface area contributed by atoms with E-state index in [2.05, 4.69) is 20.6 Å². The summed E-state index contributed by atoms with van der Waals surface area (Å²) in [6.45, 7) is 2.57. The Labute approximate surface area is 148 Å². The van der Waals surface area contributed by atoms with E-state index < -0.39 is 0 Å². The summed E-state index contributed by atoms with van der Waals surface area (Å²) in [5, 5.41) is 6.31. The van der Waals surface area contributed by atoms with Gasteiger partial charge < -0.3 is 15.6 Å². The minimum atomic E-state index is 0. The molecule has 0 bridgehead atoms. The molecule has 3 rings (SSSR count). The Morgan fingerprint density at radius 3 is 2.87 bits per heavy atom. The van der Waals surface area contributed by atoms with Crippen molar-refractivity contribution in [2.75, 3.05) is 19.6 Å². The molecule has 0 spiro atoms. The number of halogens is 2. The minimum Gasteiger partial charge on any atom is -0.356 e. The van der Waals surface area contributed by atoms with Crippen molar-refractivity contribution in [1.29, 1.82) is 0 Å². The molecule has 2 heterocycles. The summed E-state index contributed by atoms with van der Waals surface area (Å²) in [7, 11) is 0. The number of hydrogen-bond donors (Lipinski definition) is 3. The lowest BCUT2D eigenvalue weighted by Gasteiger charge is -2.21. The van der Waals surface area contributed by atoms with Gasteiger partial charge in [-0.15, -0.1) is 24.8 Å². The number of imidazole rings is 1. The number of carbonyl (C=O) groups excluding carboxylic acids is 1. The number of amides is 1. The zero-order valence-corrected chi connectivity index (χ0v) is 14.6. The van der Waals surface area contributed by atoms with Crippen molar-refractivity contribution in [2.24, 2.45) is 5.92 Å². The molecule has 0 saturated carbocycles. The molecule has 1 amide bonds. The van der Waals surface area contributed by atoms with Crippen LogP contribution in [0.4, 0.5) is 0 Å². The van der Waals surface area contributed by atoms with E-state index in [0.29, 0.717) is 6.54 Å². The van der Waals surface area contributed by atoms with Crippen LogP contribution in [0.15, 0.2) is 24.3 Å². The molecule has 1 aliphatic heterocycles. The van der Waals surface area contributed by atoms with E-state index in [0.717, 1.165) is 55.6 Å². The van der Waals surface area contributed by atoms with Crippen molar-refractivity contribution in [3.63, 3.8) is 0 Å². The third-order valence-corrected chi connectivity index (χ3v) is 4.00. The number of rotatable bonds is 5. The first-order chi connectivity index (χ1) is 10.3. The molecule has 5 nitrogen and oxygen atoms in total. The molecule has 1 unspecified atom stereocenters. The van der Waals surface area contributed by atoms with Crippen LogP contribution in [0.2, 0.25) is 0 Å². The number of H-pyrrole nitrogens is 1. The number of para-hydroxylation sites is 2. The monoisotopic (exact) mass is 358 g/mol. The Bertz CT molecular complexity index is 578. The molecule has 7 heteroatoms. The van der Waals surface area contributed by atoms with Crippen LogP contribution < -0.4 is 10.6 Å². The molecular formula is C16H24Cl2N4O. The largest absolute Gasteiger partial charge is 0.356 e. The first kappa shape index (κ1) is 19.7. The first-order valence-corrected chi connectivity index (χ1v) is 7.75. The maximum atomic E-state index is 12.0. The van der Waals surface area contributed by atoms with Crippen LogP contribution in [0.1, 0.15) is 25.1 Å². The maximum Gasteiger partial charge on any atom is 0.224 e. The van der Waals surface area contributed by atoms with Crippen LogP contribution in [-0.2, 0) is 11.2 Å². The van der Waals surface area contributed by atoms with E-state index >= 15 is 0 Å². The highest BCUT2D eigenvalue weighted by molar-refractivity contribution is 5.85. The normalized spacial score (nSPS) is 17.1. The van der Waals surface area contributed by atoms with E-state index in [1.807, 2.05) is 24.3 Å². The highest BCUT2D eigenvalue weighted by Gasteiger charge is 2.20. The van der Waals surface area contributed by atoms with Gasteiger partial charge in [-0.3, -0.25) is 4.79 Å². The van der Waals surface area contributed by atoms with E-state index in [4.69, 9.17) is 0 Å². The van der Waals surface area contributed by atoms with Crippen LogP contribution in [0.3, 0.4) is 0 Å². The van der Waals surface area contributed by atoms with E-state index in [1.54, 1.807) is 0 Å². The van der Waals surface area contributed by atoms with E-state index in [9.17, 15) is 4.79 Å². The van der Waals surface area contributed by atoms with Gasteiger partial charge in [-0.1, -0.05) is 12.1 Å². The average molecular weight is 359 g/mol. The van der Waals surface area contributed by atoms with Gasteiger partial charge >= 0.3 is 0 Å². The summed E-state index contributed by atoms with van der Waals surface area (Å²) in [6, 6.07) is 8.03. The Kier molecular flexibility index (Phi) is 8.37. The maximum absolute atomic E-state index is 12.0. The molecule has 2 aromatic rings. The lowest BCUT2D eigenvalue weighted by molar-refractivity contribution is -0.125. The Morgan fingerprint density at radius 1 is 1.30 bits per heavy atom. The zero-order chi connectivity index (χ0) is 14.5. The second-order valence-electron chi connectivity index (χ2n) is 5.64. The number of piperidine rings is 1. The molecule has 1 fully saturated rings. The SMILES string of the molecule is Cl.Cl.O=C(NCCCc1nc2ccccc2[nH]1)C1CCCNC1. The Morgan fingerprint density at radius 2 is 2.13 bits per heavy atom. The molecule has 23 heavy (non-hydrogen) atoms. The molecule has 0 aliphatic carbocycles. The summed E-state index contributed by atoms with van der Waals surface area (Å²) in [4.78, 5) is 19.8. The summed E-state index contributed by atoms with van der Waals surface area (Å²) in [6.07, 6.45) is 3.86. The lowest BCUT2D eigenvalue weighted by Crippen LogP contribution is -2.40. The lowest BCUT2D eigenvalue weighted by atomic mass is 9.99. The van der Waals surface area contributed by atoms with Crippen molar-refractivity contribution < 1.29 is 4.79 Å². The number of benzene rings is 1. The molecule has 3 N–H and O–H groups in total. The average Bonchev–Trinajstić information content (AvgIpc) is 2.95. The molecule has 1 aromatic carbocycles. The predicted octanol–water partition coefficient (Wildman–Crippen LogP) is 2.45. The predicted molar refractivity (Wildman–Crippen MR) is 97.5 cm³/mol. The van der Waals surface area contributed by atoms with Crippen molar-refractivity contribution in [1.82, 2.24) is 20.6 Å². The minimum absolute atomic E-state index is 0. The number of nitrogens with zero attached hydrogens (tertiary/aromatic N) is 1. The van der Waals surface area contributed by atoms with Crippen LogP contribution in [-0.4, -0.2) is 35.5 Å². The van der Waals surface area contributed by atoms with E-state index in [-0.39, 0.29) is 36.6 Å². The van der Waals surface area contributed by atoms with Crippen LogP contribution in [0.25, 0.3) is 11.0 Å². The molecule has 128 valence electrons. The summed E-state index contributed by atoms with van der Waals surface area (Å²) in [5.74, 6) is 1.32. The molecular weight excluding hydrogens is 335 g/mol. The van der Waals surface area contributed by atoms with Crippen LogP contribution in [0, 0.1) is 5.92 Å². The third-order valence-electron chi connectivity index (χ3n) is 4.00. The Balaban J connectivity index is 0.00000132. The fraction of sp³-hybridized carbons (Fsp3) is 0.500. The smallest absolute Gasteiger partial charge is 0.224 e. The molecule has 1 aliphatic rings. The first-order valence-electron chi connectivity index (χ1n) is 7.75. The quantitative estimate of drug-likeness (QED) is 0.719. The summed E-state index contributed by atoms with van der Waals surface area (Å²) in [5.41, 5.74) is 2.08. The molecule has 1 atom stereocenters. The molecule has 0 radical (unpaired) electrons. The number of aromatic nitrogens is 2. The van der Waals surface area contributed by atoms with Gasteiger partial charge in [0.25, 0.3) is 0 Å². The Hall–Kier alpha value is -1.30. The number of aromatic amines is 1. The number of nitrogens with one attached hydrogen (secondary N) is 3. The van der Waals surface area contributed by atoms with Crippen molar-refractivity contribution >= 4 is 41.8 Å². The summed E-state index contributed by atoms with van der Waals surface area (Å²) < 4.78 is 0. The fourth-order valence-corrected chi connectivity index (χ4v) is 2.81. The van der Waals surface area contributed by atoms with Gasteiger partial charge in [-0.25, -0.2) is 4.98 Å². The second kappa shape index (κ2) is 9.75. The van der Waals surface area contributed by atoms with Crippen molar-refractivity contribution in [3.8, 4) is 0 Å². The number of aryl methyl sites for hydroxylation is 1. The second-order valence-corrected chi connectivity index (χ2v) is 5.64. The van der Waals surface area contributed by atoms with Gasteiger partial charge in [0.05, 0.1) is 17.0 Å². The van der Waals surface area contributed by atoms with Crippen LogP contribution in [0.5, 0.6) is 0 Å². The third kappa shape index (κ3) is 5.37. The van der Waals surface area contributed by atoms with E-state index in [1.165, 1.54) is 0 Å². The zero-order valence-electron chi connectivity index (χ0n) is 13.0. The highest BCUT2D eigenvalue weighted by Crippen LogP contribution is 2.12. The standard InChI is InChI=1S/C16H22N4O.2ClH/c21-16(12-5-3-9-17-11-12)18-10-4-8-15-19-13-6-1-2-7-14(13)20-15;;/h1-2,6-7,12,17H,3-5,8-11H2,(H,18,21)(H,19,20);2*1H. The van der Waals surface area contributed by atoms with Gasteiger partial charge in [0.15, 0.2) is 0 Å². The van der Waals surface area contributed by atoms with Gasteiger partial charge in [0, 0.05) is 19.5 Å².